The highest BCUT2D eigenvalue weighted by Crippen LogP contribution is 2.32. The number of anilines is 2. The molecule has 3 amide bonds. The lowest BCUT2D eigenvalue weighted by Crippen LogP contribution is -2.37. The van der Waals surface area contributed by atoms with Crippen LogP contribution in [0.1, 0.15) is 12.0 Å². The zero-order valence-corrected chi connectivity index (χ0v) is 18.8. The largest absolute Gasteiger partial charge is 0.496 e. The molecule has 0 fully saturated rings. The van der Waals surface area contributed by atoms with Gasteiger partial charge >= 0.3 is 18.3 Å². The fourth-order valence-electron chi connectivity index (χ4n) is 3.03. The van der Waals surface area contributed by atoms with Crippen LogP contribution in [-0.2, 0) is 11.3 Å². The van der Waals surface area contributed by atoms with E-state index < -0.39 is 30.8 Å². The standard InChI is InChI=1S/C23H20F3N5O5/c1-34-18-10-16(5-6-17(18)19-12-28-13-35-19)31-21(32)30-15-4-2-3-14(9-15)11-29-22(33)36-20(7-8-27)23(24,25)26/h2-6,9-10,12-13,20H,7,11H2,1H3,(H,29,33)(H2,30,31,32). The van der Waals surface area contributed by atoms with E-state index in [9.17, 15) is 22.8 Å². The first-order valence-electron chi connectivity index (χ1n) is 10.3. The van der Waals surface area contributed by atoms with Crippen molar-refractivity contribution in [1.82, 2.24) is 10.3 Å². The zero-order valence-electron chi connectivity index (χ0n) is 18.8. The molecule has 1 unspecified atom stereocenters. The monoisotopic (exact) mass is 503 g/mol. The minimum absolute atomic E-state index is 0.173. The third-order valence-electron chi connectivity index (χ3n) is 4.67. The number of aromatic nitrogens is 1. The van der Waals surface area contributed by atoms with Gasteiger partial charge < -0.3 is 29.8 Å². The van der Waals surface area contributed by atoms with Gasteiger partial charge in [-0.05, 0) is 29.8 Å². The number of oxazole rings is 1. The minimum atomic E-state index is -4.86. The molecule has 188 valence electrons. The zero-order chi connectivity index (χ0) is 26.1. The first-order chi connectivity index (χ1) is 17.2. The van der Waals surface area contributed by atoms with Crippen molar-refractivity contribution in [3.8, 4) is 23.1 Å². The molecule has 2 aromatic carbocycles. The van der Waals surface area contributed by atoms with Crippen LogP contribution in [0.15, 0.2) is 59.5 Å². The molecule has 1 aromatic heterocycles. The molecule has 0 aliphatic heterocycles. The van der Waals surface area contributed by atoms with Gasteiger partial charge in [0.25, 0.3) is 0 Å². The lowest BCUT2D eigenvalue weighted by atomic mass is 10.1. The molecular formula is C23H20F3N5O5. The molecule has 3 N–H and O–H groups in total. The van der Waals surface area contributed by atoms with Gasteiger partial charge in [0.05, 0.1) is 31.4 Å². The summed E-state index contributed by atoms with van der Waals surface area (Å²) in [4.78, 5) is 28.0. The second-order valence-corrected chi connectivity index (χ2v) is 7.21. The number of urea groups is 1. The molecule has 10 nitrogen and oxygen atoms in total. The summed E-state index contributed by atoms with van der Waals surface area (Å²) in [6.45, 7) is -0.173. The third-order valence-corrected chi connectivity index (χ3v) is 4.67. The van der Waals surface area contributed by atoms with Gasteiger partial charge in [0.1, 0.15) is 5.75 Å². The molecule has 0 aliphatic rings. The first kappa shape index (κ1) is 25.9. The van der Waals surface area contributed by atoms with E-state index in [-0.39, 0.29) is 6.54 Å². The maximum Gasteiger partial charge on any atom is 0.426 e. The van der Waals surface area contributed by atoms with Gasteiger partial charge in [-0.15, -0.1) is 0 Å². The van der Waals surface area contributed by atoms with E-state index >= 15 is 0 Å². The van der Waals surface area contributed by atoms with E-state index in [2.05, 4.69) is 25.7 Å². The number of carbonyl (C=O) groups excluding carboxylic acids is 2. The smallest absolute Gasteiger partial charge is 0.426 e. The summed E-state index contributed by atoms with van der Waals surface area (Å²) in [5.41, 5.74) is 1.92. The van der Waals surface area contributed by atoms with Gasteiger partial charge in [-0.1, -0.05) is 12.1 Å². The number of rotatable bonds is 8. The number of benzene rings is 2. The van der Waals surface area contributed by atoms with Gasteiger partial charge in [-0.25, -0.2) is 14.6 Å². The Kier molecular flexibility index (Phi) is 8.35. The van der Waals surface area contributed by atoms with Crippen LogP contribution in [0.3, 0.4) is 0 Å². The lowest BCUT2D eigenvalue weighted by Gasteiger charge is -2.18. The van der Waals surface area contributed by atoms with Crippen molar-refractivity contribution in [2.45, 2.75) is 25.2 Å². The molecule has 0 saturated heterocycles. The summed E-state index contributed by atoms with van der Waals surface area (Å²) in [5.74, 6) is 0.947. The molecule has 1 atom stereocenters. The van der Waals surface area contributed by atoms with Crippen LogP contribution in [0.2, 0.25) is 0 Å². The van der Waals surface area contributed by atoms with E-state index in [0.29, 0.717) is 34.0 Å². The van der Waals surface area contributed by atoms with Crippen molar-refractivity contribution in [2.75, 3.05) is 17.7 Å². The topological polar surface area (TPSA) is 139 Å². The Balaban J connectivity index is 1.57. The average Bonchev–Trinajstić information content (AvgIpc) is 3.37. The van der Waals surface area contributed by atoms with Crippen LogP contribution in [0.25, 0.3) is 11.3 Å². The van der Waals surface area contributed by atoms with Gasteiger partial charge in [-0.3, -0.25) is 0 Å². The Bertz CT molecular complexity index is 1240. The highest BCUT2D eigenvalue weighted by molar-refractivity contribution is 6.00. The van der Waals surface area contributed by atoms with Crippen molar-refractivity contribution in [3.05, 3.63) is 60.6 Å². The molecule has 0 saturated carbocycles. The Morgan fingerprint density at radius 2 is 1.92 bits per heavy atom. The Morgan fingerprint density at radius 1 is 1.17 bits per heavy atom. The number of nitriles is 1. The highest BCUT2D eigenvalue weighted by atomic mass is 19.4. The summed E-state index contributed by atoms with van der Waals surface area (Å²) in [5, 5.41) is 15.9. The molecule has 0 spiro atoms. The SMILES string of the molecule is COc1cc(NC(=O)Nc2cccc(CNC(=O)OC(CC#N)C(F)(F)F)c2)ccc1-c1cnco1. The maximum absolute atomic E-state index is 12.8. The second kappa shape index (κ2) is 11.6. The fraction of sp³-hybridized carbons (Fsp3) is 0.217. The van der Waals surface area contributed by atoms with Crippen LogP contribution in [0.4, 0.5) is 34.1 Å². The molecule has 0 bridgehead atoms. The van der Waals surface area contributed by atoms with Crippen molar-refractivity contribution >= 4 is 23.5 Å². The van der Waals surface area contributed by atoms with E-state index in [1.807, 2.05) is 0 Å². The summed E-state index contributed by atoms with van der Waals surface area (Å²) < 4.78 is 53.2. The number of alkyl carbamates (subject to hydrolysis) is 1. The number of halogens is 3. The number of ether oxygens (including phenoxy) is 2. The molecule has 3 rings (SSSR count). The molecule has 36 heavy (non-hydrogen) atoms. The number of amides is 3. The summed E-state index contributed by atoms with van der Waals surface area (Å²) in [6, 6.07) is 12.0. The minimum Gasteiger partial charge on any atom is -0.496 e. The second-order valence-electron chi connectivity index (χ2n) is 7.21. The Morgan fingerprint density at radius 3 is 2.56 bits per heavy atom. The molecular weight excluding hydrogens is 483 g/mol. The van der Waals surface area contributed by atoms with Crippen molar-refractivity contribution in [2.24, 2.45) is 0 Å². The number of nitrogens with zero attached hydrogens (tertiary/aromatic N) is 2. The normalized spacial score (nSPS) is 11.6. The summed E-state index contributed by atoms with van der Waals surface area (Å²) in [6.07, 6.45) is -6.91. The number of carbonyl (C=O) groups is 2. The third kappa shape index (κ3) is 7.13. The van der Waals surface area contributed by atoms with Crippen molar-refractivity contribution < 1.29 is 36.7 Å². The van der Waals surface area contributed by atoms with Crippen LogP contribution in [-0.4, -0.2) is 36.5 Å². The Hall–Kier alpha value is -4.73. The lowest BCUT2D eigenvalue weighted by molar-refractivity contribution is -0.201. The highest BCUT2D eigenvalue weighted by Gasteiger charge is 2.42. The quantitative estimate of drug-likeness (QED) is 0.390. The van der Waals surface area contributed by atoms with Crippen molar-refractivity contribution in [1.29, 1.82) is 5.26 Å². The number of hydrogen-bond donors (Lipinski definition) is 3. The maximum atomic E-state index is 12.8. The van der Waals surface area contributed by atoms with E-state index in [1.54, 1.807) is 36.4 Å². The fourth-order valence-corrected chi connectivity index (χ4v) is 3.03. The summed E-state index contributed by atoms with van der Waals surface area (Å²) in [7, 11) is 1.47. The molecule has 0 aliphatic carbocycles. The first-order valence-corrected chi connectivity index (χ1v) is 10.3. The predicted octanol–water partition coefficient (Wildman–Crippen LogP) is 5.06. The number of hydrogen-bond acceptors (Lipinski definition) is 7. The van der Waals surface area contributed by atoms with Gasteiger partial charge in [0, 0.05) is 24.0 Å². The van der Waals surface area contributed by atoms with E-state index in [4.69, 9.17) is 14.4 Å². The van der Waals surface area contributed by atoms with Gasteiger partial charge in [-0.2, -0.15) is 18.4 Å². The van der Waals surface area contributed by atoms with Crippen LogP contribution in [0, 0.1) is 11.3 Å². The number of nitrogens with one attached hydrogen (secondary N) is 3. The van der Waals surface area contributed by atoms with Crippen LogP contribution < -0.4 is 20.7 Å². The van der Waals surface area contributed by atoms with E-state index in [1.165, 1.54) is 31.8 Å². The van der Waals surface area contributed by atoms with E-state index in [0.717, 1.165) is 0 Å². The molecule has 1 heterocycles. The van der Waals surface area contributed by atoms with Crippen LogP contribution in [0.5, 0.6) is 5.75 Å². The molecule has 0 radical (unpaired) electrons. The summed E-state index contributed by atoms with van der Waals surface area (Å²) >= 11 is 0. The van der Waals surface area contributed by atoms with Crippen molar-refractivity contribution in [3.63, 3.8) is 0 Å². The van der Waals surface area contributed by atoms with Gasteiger partial charge in [0.15, 0.2) is 12.2 Å². The average molecular weight is 503 g/mol. The van der Waals surface area contributed by atoms with Crippen LogP contribution >= 0.6 is 0 Å². The number of alkyl halides is 3. The predicted molar refractivity (Wildman–Crippen MR) is 121 cm³/mol. The Labute approximate surface area is 203 Å². The molecule has 13 heteroatoms. The van der Waals surface area contributed by atoms with Gasteiger partial charge in [0.2, 0.25) is 6.10 Å². The molecule has 3 aromatic rings. The number of methoxy groups -OCH3 is 1.